The fourth-order valence-electron chi connectivity index (χ4n) is 4.85. The van der Waals surface area contributed by atoms with Crippen LogP contribution in [0.15, 0.2) is 107 Å². The molecule has 4 aromatic carbocycles. The van der Waals surface area contributed by atoms with Crippen LogP contribution in [0.25, 0.3) is 0 Å². The number of aliphatic imine (C=N–C) groups is 1. The lowest BCUT2D eigenvalue weighted by Gasteiger charge is -2.31. The zero-order chi connectivity index (χ0) is 30.2. The Kier molecular flexibility index (Phi) is 9.81. The summed E-state index contributed by atoms with van der Waals surface area (Å²) in [5.74, 6) is -1.08. The summed E-state index contributed by atoms with van der Waals surface area (Å²) in [6, 6.07) is 27.6. The Balaban J connectivity index is 1.50. The quantitative estimate of drug-likeness (QED) is 0.133. The maximum atomic E-state index is 14.3. The topological polar surface area (TPSA) is 92.2 Å². The maximum Gasteiger partial charge on any atom is 0.266 e. The molecule has 1 aliphatic heterocycles. The molecule has 0 radical (unpaired) electrons. The van der Waals surface area contributed by atoms with Gasteiger partial charge in [0.25, 0.3) is 5.91 Å². The molecule has 1 amide bonds. The second-order valence-electron chi connectivity index (χ2n) is 10.0. The van der Waals surface area contributed by atoms with E-state index >= 15 is 0 Å². The molecule has 2 atom stereocenters. The van der Waals surface area contributed by atoms with E-state index in [9.17, 15) is 13.6 Å². The van der Waals surface area contributed by atoms with Crippen molar-refractivity contribution in [2.24, 2.45) is 4.99 Å². The van der Waals surface area contributed by atoms with Crippen molar-refractivity contribution in [3.05, 3.63) is 135 Å². The van der Waals surface area contributed by atoms with Crippen molar-refractivity contribution < 1.29 is 28.2 Å². The molecule has 5 rings (SSSR count). The Morgan fingerprint density at radius 2 is 1.65 bits per heavy atom. The van der Waals surface area contributed by atoms with Crippen LogP contribution < -0.4 is 15.6 Å². The fraction of sp³-hybridized carbons (Fsp3) is 0.212. The third kappa shape index (κ3) is 7.10. The summed E-state index contributed by atoms with van der Waals surface area (Å²) < 4.78 is 41.5. The monoisotopic (exact) mass is 649 g/mol. The minimum Gasteiger partial charge on any atom is -0.494 e. The second-order valence-corrected chi connectivity index (χ2v) is 10.9. The standard InChI is InChI=1S/C33H30BrF2N3O4/c34-25-14-10-23(11-15-25)30-33(20-22-6-2-1-3-7-22,32(41)39-37-21-27-28(35)8-4-9-29(27)36)38-31(43-30)24-12-16-26(17-13-24)42-19-5-18-40/h1-4,6-17,30,37,40H,5,18-21H2,(H,39,41)/t30-,33-/m0/s1. The minimum atomic E-state index is -1.48. The Morgan fingerprint density at radius 1 is 0.953 bits per heavy atom. The van der Waals surface area contributed by atoms with Crippen molar-refractivity contribution >= 4 is 27.7 Å². The summed E-state index contributed by atoms with van der Waals surface area (Å²) >= 11 is 3.47. The molecule has 4 aromatic rings. The van der Waals surface area contributed by atoms with Gasteiger partial charge in [0.05, 0.1) is 6.61 Å². The van der Waals surface area contributed by atoms with Crippen LogP contribution in [0, 0.1) is 11.6 Å². The molecule has 0 bridgehead atoms. The summed E-state index contributed by atoms with van der Waals surface area (Å²) in [6.07, 6.45) is -0.133. The highest BCUT2D eigenvalue weighted by Gasteiger charge is 2.53. The number of benzene rings is 4. The van der Waals surface area contributed by atoms with E-state index < -0.39 is 29.2 Å². The molecule has 1 aliphatic rings. The first-order valence-electron chi connectivity index (χ1n) is 13.8. The number of rotatable bonds is 12. The lowest BCUT2D eigenvalue weighted by Crippen LogP contribution is -2.53. The molecular weight excluding hydrogens is 620 g/mol. The SMILES string of the molecule is O=C(NNCc1c(F)cccc1F)[C@@]1(Cc2ccccc2)N=C(c2ccc(OCCCO)cc2)O[C@H]1c1ccc(Br)cc1. The molecule has 0 saturated heterocycles. The molecule has 0 spiro atoms. The molecule has 0 fully saturated rings. The fourth-order valence-corrected chi connectivity index (χ4v) is 5.11. The van der Waals surface area contributed by atoms with Gasteiger partial charge in [0, 0.05) is 41.6 Å². The van der Waals surface area contributed by atoms with Crippen LogP contribution in [0.4, 0.5) is 8.78 Å². The number of aliphatic hydroxyl groups is 1. The van der Waals surface area contributed by atoms with Gasteiger partial charge < -0.3 is 14.6 Å². The average molecular weight is 651 g/mol. The van der Waals surface area contributed by atoms with Crippen LogP contribution in [0.5, 0.6) is 5.75 Å². The van der Waals surface area contributed by atoms with E-state index in [4.69, 9.17) is 19.6 Å². The first kappa shape index (κ1) is 30.3. The predicted octanol–water partition coefficient (Wildman–Crippen LogP) is 5.81. The van der Waals surface area contributed by atoms with Crippen LogP contribution in [0.3, 0.4) is 0 Å². The predicted molar refractivity (Wildman–Crippen MR) is 162 cm³/mol. The van der Waals surface area contributed by atoms with Crippen LogP contribution in [-0.4, -0.2) is 35.7 Å². The van der Waals surface area contributed by atoms with E-state index in [1.807, 2.05) is 54.6 Å². The lowest BCUT2D eigenvalue weighted by molar-refractivity contribution is -0.130. The first-order valence-corrected chi connectivity index (χ1v) is 14.5. The zero-order valence-electron chi connectivity index (χ0n) is 23.1. The third-order valence-corrected chi connectivity index (χ3v) is 7.58. The maximum absolute atomic E-state index is 14.3. The third-order valence-electron chi connectivity index (χ3n) is 7.05. The number of hydrogen-bond acceptors (Lipinski definition) is 6. The van der Waals surface area contributed by atoms with E-state index in [1.54, 1.807) is 24.3 Å². The number of carbonyl (C=O) groups excluding carboxylic acids is 1. The summed E-state index contributed by atoms with van der Waals surface area (Å²) in [5.41, 5.74) is 5.87. The number of amides is 1. The Hall–Kier alpha value is -4.12. The molecule has 222 valence electrons. The Bertz CT molecular complexity index is 1550. The van der Waals surface area contributed by atoms with Crippen LogP contribution in [0.1, 0.15) is 34.8 Å². The molecule has 3 N–H and O–H groups in total. The number of halogens is 3. The summed E-state index contributed by atoms with van der Waals surface area (Å²) in [4.78, 5) is 19.1. The van der Waals surface area contributed by atoms with Gasteiger partial charge in [-0.15, -0.1) is 0 Å². The van der Waals surface area contributed by atoms with E-state index in [-0.39, 0.29) is 31.0 Å². The van der Waals surface area contributed by atoms with Gasteiger partial charge in [0.2, 0.25) is 5.90 Å². The normalized spacial score (nSPS) is 17.7. The molecular formula is C33H30BrF2N3O4. The van der Waals surface area contributed by atoms with Gasteiger partial charge in [-0.2, -0.15) is 0 Å². The zero-order valence-corrected chi connectivity index (χ0v) is 24.7. The summed E-state index contributed by atoms with van der Waals surface area (Å²) in [5, 5.41) is 9.02. The molecule has 0 unspecified atom stereocenters. The Morgan fingerprint density at radius 3 is 2.33 bits per heavy atom. The second kappa shape index (κ2) is 13.9. The smallest absolute Gasteiger partial charge is 0.266 e. The number of hydrogen-bond donors (Lipinski definition) is 3. The first-order chi connectivity index (χ1) is 20.9. The molecule has 0 saturated carbocycles. The number of nitrogens with zero attached hydrogens (tertiary/aromatic N) is 1. The van der Waals surface area contributed by atoms with E-state index in [0.29, 0.717) is 24.3 Å². The van der Waals surface area contributed by atoms with Crippen molar-refractivity contribution in [2.45, 2.75) is 31.0 Å². The van der Waals surface area contributed by atoms with Crippen molar-refractivity contribution in [1.82, 2.24) is 10.9 Å². The number of ether oxygens (including phenoxy) is 2. The van der Waals surface area contributed by atoms with Crippen LogP contribution >= 0.6 is 15.9 Å². The molecule has 1 heterocycles. The van der Waals surface area contributed by atoms with Crippen molar-refractivity contribution in [2.75, 3.05) is 13.2 Å². The number of carbonyl (C=O) groups is 1. The molecule has 10 heteroatoms. The molecule has 43 heavy (non-hydrogen) atoms. The number of aliphatic hydroxyl groups excluding tert-OH is 1. The van der Waals surface area contributed by atoms with E-state index in [1.165, 1.54) is 6.07 Å². The van der Waals surface area contributed by atoms with Crippen molar-refractivity contribution in [3.63, 3.8) is 0 Å². The van der Waals surface area contributed by atoms with E-state index in [0.717, 1.165) is 27.7 Å². The highest BCUT2D eigenvalue weighted by Crippen LogP contribution is 2.42. The lowest BCUT2D eigenvalue weighted by atomic mass is 9.82. The van der Waals surface area contributed by atoms with Crippen molar-refractivity contribution in [1.29, 1.82) is 0 Å². The van der Waals surface area contributed by atoms with Gasteiger partial charge in [-0.05, 0) is 59.7 Å². The summed E-state index contributed by atoms with van der Waals surface area (Å²) in [7, 11) is 0. The highest BCUT2D eigenvalue weighted by molar-refractivity contribution is 9.10. The van der Waals surface area contributed by atoms with Gasteiger partial charge in [-0.1, -0.05) is 64.5 Å². The summed E-state index contributed by atoms with van der Waals surface area (Å²) in [6.45, 7) is 0.142. The van der Waals surface area contributed by atoms with Gasteiger partial charge in [-0.3, -0.25) is 10.2 Å². The van der Waals surface area contributed by atoms with Gasteiger partial charge in [0.15, 0.2) is 11.6 Å². The number of hydrazine groups is 1. The molecule has 0 aliphatic carbocycles. The minimum absolute atomic E-state index is 0.0375. The van der Waals surface area contributed by atoms with Crippen molar-refractivity contribution in [3.8, 4) is 5.75 Å². The molecule has 0 aromatic heterocycles. The Labute approximate surface area is 256 Å². The largest absolute Gasteiger partial charge is 0.494 e. The number of nitrogens with one attached hydrogen (secondary N) is 2. The van der Waals surface area contributed by atoms with Crippen LogP contribution in [0.2, 0.25) is 0 Å². The molecule has 7 nitrogen and oxygen atoms in total. The highest BCUT2D eigenvalue weighted by atomic mass is 79.9. The average Bonchev–Trinajstić information content (AvgIpc) is 3.40. The van der Waals surface area contributed by atoms with Gasteiger partial charge in [0.1, 0.15) is 17.4 Å². The van der Waals surface area contributed by atoms with Gasteiger partial charge in [-0.25, -0.2) is 19.2 Å². The van der Waals surface area contributed by atoms with Gasteiger partial charge >= 0.3 is 0 Å². The van der Waals surface area contributed by atoms with Crippen LogP contribution in [-0.2, 0) is 22.5 Å². The van der Waals surface area contributed by atoms with E-state index in [2.05, 4.69) is 26.8 Å².